The molecule has 0 aromatic heterocycles. The third-order valence-electron chi connectivity index (χ3n) is 4.16. The van der Waals surface area contributed by atoms with Crippen LogP contribution in [0.1, 0.15) is 50.8 Å². The molecule has 21 heavy (non-hydrogen) atoms. The molecule has 0 bridgehead atoms. The first-order valence-electron chi connectivity index (χ1n) is 7.70. The number of benzene rings is 1. The van der Waals surface area contributed by atoms with Crippen molar-refractivity contribution in [1.82, 2.24) is 5.32 Å². The molecule has 2 N–H and O–H groups in total. The average Bonchev–Trinajstić information content (AvgIpc) is 2.45. The minimum absolute atomic E-state index is 0.00589. The zero-order chi connectivity index (χ0) is 15.4. The van der Waals surface area contributed by atoms with Crippen LogP contribution in [0.2, 0.25) is 0 Å². The second-order valence-corrected chi connectivity index (χ2v) is 6.16. The molecule has 4 heteroatoms. The predicted octanol–water partition coefficient (Wildman–Crippen LogP) is 2.60. The van der Waals surface area contributed by atoms with E-state index in [0.29, 0.717) is 11.7 Å². The summed E-state index contributed by atoms with van der Waals surface area (Å²) in [4.78, 5) is 11.8. The Kier molecular flexibility index (Phi) is 5.23. The zero-order valence-corrected chi connectivity index (χ0v) is 13.1. The summed E-state index contributed by atoms with van der Waals surface area (Å²) in [5.41, 5.74) is 2.12. The van der Waals surface area contributed by atoms with Crippen LogP contribution in [0.3, 0.4) is 0 Å². The van der Waals surface area contributed by atoms with Crippen LogP contribution >= 0.6 is 0 Å². The first kappa shape index (κ1) is 15.8. The first-order valence-corrected chi connectivity index (χ1v) is 7.70. The molecule has 2 atom stereocenters. The third-order valence-corrected chi connectivity index (χ3v) is 4.16. The van der Waals surface area contributed by atoms with Crippen LogP contribution in [0.4, 0.5) is 0 Å². The van der Waals surface area contributed by atoms with Crippen molar-refractivity contribution in [1.29, 1.82) is 0 Å². The number of hydrogen-bond acceptors (Lipinski definition) is 3. The molecule has 1 aromatic carbocycles. The summed E-state index contributed by atoms with van der Waals surface area (Å²) in [5.74, 6) is 0.921. The summed E-state index contributed by atoms with van der Waals surface area (Å²) < 4.78 is 5.54. The van der Waals surface area contributed by atoms with Crippen molar-refractivity contribution in [2.45, 2.75) is 52.2 Å². The summed E-state index contributed by atoms with van der Waals surface area (Å²) in [6.07, 6.45) is 2.40. The van der Waals surface area contributed by atoms with E-state index >= 15 is 0 Å². The maximum Gasteiger partial charge on any atom is 0.258 e. The number of ether oxygens (including phenoxy) is 1. The van der Waals surface area contributed by atoms with Gasteiger partial charge in [-0.25, -0.2) is 0 Å². The van der Waals surface area contributed by atoms with Gasteiger partial charge in [-0.15, -0.1) is 0 Å². The zero-order valence-electron chi connectivity index (χ0n) is 13.1. The molecule has 2 rings (SSSR count). The lowest BCUT2D eigenvalue weighted by atomic mass is 9.89. The Morgan fingerprint density at radius 1 is 1.43 bits per heavy atom. The number of aliphatic hydroxyl groups excluding tert-OH is 1. The minimum Gasteiger partial charge on any atom is -0.484 e. The van der Waals surface area contributed by atoms with E-state index in [1.54, 1.807) is 0 Å². The van der Waals surface area contributed by atoms with Gasteiger partial charge in [0.25, 0.3) is 5.91 Å². The molecule has 0 saturated heterocycles. The Bertz CT molecular complexity index is 499. The van der Waals surface area contributed by atoms with Crippen LogP contribution in [0.25, 0.3) is 0 Å². The summed E-state index contributed by atoms with van der Waals surface area (Å²) in [6, 6.07) is 5.85. The van der Waals surface area contributed by atoms with Crippen LogP contribution in [-0.2, 0) is 11.2 Å². The van der Waals surface area contributed by atoms with Gasteiger partial charge in [-0.2, -0.15) is 0 Å². The number of aryl methyl sites for hydroxylation is 1. The van der Waals surface area contributed by atoms with E-state index in [0.717, 1.165) is 24.8 Å². The molecule has 0 saturated carbocycles. The lowest BCUT2D eigenvalue weighted by Gasteiger charge is -2.22. The molecule has 1 amide bonds. The number of hydrogen-bond donors (Lipinski definition) is 2. The Balaban J connectivity index is 1.92. The van der Waals surface area contributed by atoms with Crippen LogP contribution in [0.5, 0.6) is 5.75 Å². The van der Waals surface area contributed by atoms with E-state index in [9.17, 15) is 9.90 Å². The lowest BCUT2D eigenvalue weighted by Crippen LogP contribution is -2.38. The van der Waals surface area contributed by atoms with Crippen molar-refractivity contribution >= 4 is 5.91 Å². The molecule has 1 unspecified atom stereocenters. The number of carbonyl (C=O) groups excluding carboxylic acids is 1. The van der Waals surface area contributed by atoms with Crippen molar-refractivity contribution in [2.24, 2.45) is 5.92 Å². The standard InChI is InChI=1S/C17H25NO3/c1-11(2)12(3)18-17(20)10-21-14-8-7-13-5-4-6-16(19)15(13)9-14/h7-9,11-12,16,19H,4-6,10H2,1-3H3,(H,18,20)/t12?,16-/m1/s1. The second-order valence-electron chi connectivity index (χ2n) is 6.16. The van der Waals surface area contributed by atoms with Crippen LogP contribution in [0.15, 0.2) is 18.2 Å². The Morgan fingerprint density at radius 2 is 2.19 bits per heavy atom. The monoisotopic (exact) mass is 291 g/mol. The smallest absolute Gasteiger partial charge is 0.258 e. The Hall–Kier alpha value is -1.55. The molecule has 0 fully saturated rings. The van der Waals surface area contributed by atoms with Gasteiger partial charge in [-0.1, -0.05) is 19.9 Å². The number of rotatable bonds is 5. The summed E-state index contributed by atoms with van der Waals surface area (Å²) >= 11 is 0. The van der Waals surface area contributed by atoms with Gasteiger partial charge in [0.15, 0.2) is 6.61 Å². The van der Waals surface area contributed by atoms with E-state index in [-0.39, 0.29) is 18.6 Å². The fraction of sp³-hybridized carbons (Fsp3) is 0.588. The number of amides is 1. The SMILES string of the molecule is CC(C)C(C)NC(=O)COc1ccc2c(c1)[C@H](O)CCC2. The fourth-order valence-corrected chi connectivity index (χ4v) is 2.45. The van der Waals surface area contributed by atoms with Crippen molar-refractivity contribution in [3.63, 3.8) is 0 Å². The van der Waals surface area contributed by atoms with E-state index in [2.05, 4.69) is 19.2 Å². The molecule has 0 spiro atoms. The molecule has 0 heterocycles. The molecule has 1 aliphatic rings. The molecule has 0 radical (unpaired) electrons. The van der Waals surface area contributed by atoms with E-state index < -0.39 is 6.10 Å². The molecule has 1 aliphatic carbocycles. The summed E-state index contributed by atoms with van der Waals surface area (Å²) in [5, 5.41) is 12.9. The maximum absolute atomic E-state index is 11.8. The van der Waals surface area contributed by atoms with Gasteiger partial charge in [0, 0.05) is 6.04 Å². The molecule has 1 aromatic rings. The average molecular weight is 291 g/mol. The molecule has 0 aliphatic heterocycles. The highest BCUT2D eigenvalue weighted by molar-refractivity contribution is 5.77. The first-order chi connectivity index (χ1) is 9.97. The second kappa shape index (κ2) is 6.94. The van der Waals surface area contributed by atoms with Crippen molar-refractivity contribution in [3.8, 4) is 5.75 Å². The lowest BCUT2D eigenvalue weighted by molar-refractivity contribution is -0.124. The van der Waals surface area contributed by atoms with E-state index in [1.165, 1.54) is 5.56 Å². The summed E-state index contributed by atoms with van der Waals surface area (Å²) in [7, 11) is 0. The topological polar surface area (TPSA) is 58.6 Å². The van der Waals surface area contributed by atoms with E-state index in [4.69, 9.17) is 4.74 Å². The number of nitrogens with one attached hydrogen (secondary N) is 1. The van der Waals surface area contributed by atoms with Gasteiger partial charge in [-0.3, -0.25) is 4.79 Å². The summed E-state index contributed by atoms with van der Waals surface area (Å²) in [6.45, 7) is 6.12. The third kappa shape index (κ3) is 4.21. The van der Waals surface area contributed by atoms with Crippen LogP contribution in [0, 0.1) is 5.92 Å². The number of carbonyl (C=O) groups is 1. The van der Waals surface area contributed by atoms with Gasteiger partial charge in [0.05, 0.1) is 6.10 Å². The van der Waals surface area contributed by atoms with Gasteiger partial charge in [0.2, 0.25) is 0 Å². The van der Waals surface area contributed by atoms with Gasteiger partial charge >= 0.3 is 0 Å². The quantitative estimate of drug-likeness (QED) is 0.876. The highest BCUT2D eigenvalue weighted by Crippen LogP contribution is 2.32. The van der Waals surface area contributed by atoms with Crippen molar-refractivity contribution in [2.75, 3.05) is 6.61 Å². The highest BCUT2D eigenvalue weighted by atomic mass is 16.5. The number of aliphatic hydroxyl groups is 1. The van der Waals surface area contributed by atoms with Gasteiger partial charge < -0.3 is 15.2 Å². The predicted molar refractivity (Wildman–Crippen MR) is 82.3 cm³/mol. The van der Waals surface area contributed by atoms with E-state index in [1.807, 2.05) is 25.1 Å². The van der Waals surface area contributed by atoms with Crippen molar-refractivity contribution in [3.05, 3.63) is 29.3 Å². The Morgan fingerprint density at radius 3 is 2.90 bits per heavy atom. The molecular formula is C17H25NO3. The molecular weight excluding hydrogens is 266 g/mol. The minimum atomic E-state index is -0.410. The normalized spacial score (nSPS) is 19.0. The fourth-order valence-electron chi connectivity index (χ4n) is 2.45. The molecule has 4 nitrogen and oxygen atoms in total. The van der Waals surface area contributed by atoms with Gasteiger partial charge in [0.1, 0.15) is 5.75 Å². The van der Waals surface area contributed by atoms with Crippen molar-refractivity contribution < 1.29 is 14.6 Å². The largest absolute Gasteiger partial charge is 0.484 e. The van der Waals surface area contributed by atoms with Gasteiger partial charge in [-0.05, 0) is 55.4 Å². The number of fused-ring (bicyclic) bond motifs is 1. The van der Waals surface area contributed by atoms with Crippen LogP contribution in [-0.4, -0.2) is 23.7 Å². The molecule has 116 valence electrons. The highest BCUT2D eigenvalue weighted by Gasteiger charge is 2.18. The Labute approximate surface area is 126 Å². The maximum atomic E-state index is 11.8. The van der Waals surface area contributed by atoms with Crippen LogP contribution < -0.4 is 10.1 Å².